The maximum Gasteiger partial charge on any atom is 0.0319 e. The Morgan fingerprint density at radius 1 is 1.22 bits per heavy atom. The molecule has 18 heavy (non-hydrogen) atoms. The summed E-state index contributed by atoms with van der Waals surface area (Å²) in [7, 11) is 2.34. The van der Waals surface area contributed by atoms with Crippen LogP contribution >= 0.6 is 0 Å². The second-order valence-electron chi connectivity index (χ2n) is 6.53. The Balaban J connectivity index is 1.85. The van der Waals surface area contributed by atoms with Gasteiger partial charge < -0.3 is 0 Å². The summed E-state index contributed by atoms with van der Waals surface area (Å²) in [6, 6.07) is 0.771. The molecule has 96 valence electrons. The molecule has 4 rings (SSSR count). The molecule has 1 nitrogen and oxygen atoms in total. The number of fused-ring (bicyclic) bond motifs is 2. The molecule has 0 aromatic carbocycles. The zero-order chi connectivity index (χ0) is 12.1. The number of hydrogen-bond acceptors (Lipinski definition) is 1. The standard InChI is InChI=1S/C17H23N/c1-18-10-9-12-6-4-8-15-14-7-3-2-5-13(14)11-16(18)17(12)15/h2-3,7,12-13,16H,4-6,8-11H2,1H3. The first-order valence-corrected chi connectivity index (χ1v) is 7.65. The topological polar surface area (TPSA) is 3.24 Å². The van der Waals surface area contributed by atoms with Gasteiger partial charge in [0.25, 0.3) is 0 Å². The van der Waals surface area contributed by atoms with Crippen molar-refractivity contribution in [3.8, 4) is 0 Å². The Morgan fingerprint density at radius 2 is 2.17 bits per heavy atom. The molecule has 1 fully saturated rings. The maximum atomic E-state index is 2.63. The van der Waals surface area contributed by atoms with Gasteiger partial charge in [0.05, 0.1) is 0 Å². The van der Waals surface area contributed by atoms with Crippen LogP contribution in [0, 0.1) is 11.8 Å². The summed E-state index contributed by atoms with van der Waals surface area (Å²) in [5, 5.41) is 0. The van der Waals surface area contributed by atoms with E-state index in [0.29, 0.717) is 0 Å². The molecule has 4 aliphatic rings. The summed E-state index contributed by atoms with van der Waals surface area (Å²) in [6.45, 7) is 1.31. The van der Waals surface area contributed by atoms with Crippen LogP contribution in [-0.4, -0.2) is 24.5 Å². The Hall–Kier alpha value is -0.820. The monoisotopic (exact) mass is 241 g/mol. The van der Waals surface area contributed by atoms with Gasteiger partial charge in [-0.15, -0.1) is 0 Å². The molecule has 1 heterocycles. The molecule has 0 spiro atoms. The van der Waals surface area contributed by atoms with E-state index in [4.69, 9.17) is 0 Å². The van der Waals surface area contributed by atoms with Gasteiger partial charge in [0.15, 0.2) is 0 Å². The predicted octanol–water partition coefficient (Wildman–Crippen LogP) is 3.69. The molecule has 3 atom stereocenters. The highest BCUT2D eigenvalue weighted by Gasteiger charge is 2.41. The van der Waals surface area contributed by atoms with E-state index in [-0.39, 0.29) is 0 Å². The summed E-state index contributed by atoms with van der Waals surface area (Å²) in [6.07, 6.45) is 15.4. The van der Waals surface area contributed by atoms with Crippen LogP contribution in [0.25, 0.3) is 0 Å². The summed E-state index contributed by atoms with van der Waals surface area (Å²) in [4.78, 5) is 2.63. The summed E-state index contributed by atoms with van der Waals surface area (Å²) >= 11 is 0. The Kier molecular flexibility index (Phi) is 2.51. The maximum absolute atomic E-state index is 2.63. The average Bonchev–Trinajstić information content (AvgIpc) is 2.43. The number of likely N-dealkylation sites (tertiary alicyclic amines) is 1. The van der Waals surface area contributed by atoms with E-state index in [9.17, 15) is 0 Å². The van der Waals surface area contributed by atoms with Crippen molar-refractivity contribution in [1.82, 2.24) is 4.90 Å². The lowest BCUT2D eigenvalue weighted by Crippen LogP contribution is -2.47. The molecule has 0 saturated carbocycles. The fourth-order valence-corrected chi connectivity index (χ4v) is 4.73. The Labute approximate surface area is 110 Å². The van der Waals surface area contributed by atoms with Crippen molar-refractivity contribution in [3.63, 3.8) is 0 Å². The highest BCUT2D eigenvalue weighted by Crippen LogP contribution is 2.50. The predicted molar refractivity (Wildman–Crippen MR) is 75.3 cm³/mol. The van der Waals surface area contributed by atoms with Gasteiger partial charge in [-0.05, 0) is 80.7 Å². The third kappa shape index (κ3) is 1.50. The highest BCUT2D eigenvalue weighted by molar-refractivity contribution is 5.48. The number of piperidine rings is 1. The van der Waals surface area contributed by atoms with E-state index < -0.39 is 0 Å². The molecule has 3 unspecified atom stereocenters. The lowest BCUT2D eigenvalue weighted by Gasteiger charge is -2.49. The van der Waals surface area contributed by atoms with Gasteiger partial charge in [0, 0.05) is 6.04 Å². The van der Waals surface area contributed by atoms with Crippen LogP contribution in [0.3, 0.4) is 0 Å². The van der Waals surface area contributed by atoms with Crippen molar-refractivity contribution in [3.05, 3.63) is 34.9 Å². The fourth-order valence-electron chi connectivity index (χ4n) is 4.73. The molecular formula is C17H23N. The fraction of sp³-hybridized carbons (Fsp3) is 0.647. The minimum Gasteiger partial charge on any atom is -0.300 e. The molecule has 0 radical (unpaired) electrons. The zero-order valence-electron chi connectivity index (χ0n) is 11.4. The number of nitrogens with zero attached hydrogens (tertiary/aromatic N) is 1. The first kappa shape index (κ1) is 11.0. The molecule has 0 bridgehead atoms. The average molecular weight is 241 g/mol. The minimum absolute atomic E-state index is 0.771. The molecule has 0 amide bonds. The lowest BCUT2D eigenvalue weighted by molar-refractivity contribution is 0.161. The lowest BCUT2D eigenvalue weighted by atomic mass is 9.64. The smallest absolute Gasteiger partial charge is 0.0319 e. The molecule has 0 N–H and O–H groups in total. The quantitative estimate of drug-likeness (QED) is 0.625. The van der Waals surface area contributed by atoms with E-state index in [2.05, 4.69) is 30.2 Å². The van der Waals surface area contributed by atoms with E-state index >= 15 is 0 Å². The number of rotatable bonds is 0. The number of allylic oxidation sites excluding steroid dienone is 5. The minimum atomic E-state index is 0.771. The first-order valence-electron chi connectivity index (χ1n) is 7.65. The molecule has 0 aromatic rings. The van der Waals surface area contributed by atoms with Crippen molar-refractivity contribution in [2.75, 3.05) is 13.6 Å². The van der Waals surface area contributed by atoms with Crippen molar-refractivity contribution >= 4 is 0 Å². The van der Waals surface area contributed by atoms with E-state index in [1.165, 1.54) is 45.1 Å². The van der Waals surface area contributed by atoms with Crippen molar-refractivity contribution in [2.45, 2.75) is 44.6 Å². The van der Waals surface area contributed by atoms with Crippen LogP contribution in [0.4, 0.5) is 0 Å². The zero-order valence-corrected chi connectivity index (χ0v) is 11.4. The van der Waals surface area contributed by atoms with Gasteiger partial charge >= 0.3 is 0 Å². The Morgan fingerprint density at radius 3 is 3.11 bits per heavy atom. The van der Waals surface area contributed by atoms with Crippen LogP contribution < -0.4 is 0 Å². The summed E-state index contributed by atoms with van der Waals surface area (Å²) < 4.78 is 0. The second-order valence-corrected chi connectivity index (χ2v) is 6.53. The van der Waals surface area contributed by atoms with E-state index in [1.54, 1.807) is 11.1 Å². The van der Waals surface area contributed by atoms with Gasteiger partial charge in [-0.1, -0.05) is 18.2 Å². The molecule has 1 saturated heterocycles. The van der Waals surface area contributed by atoms with Crippen LogP contribution in [-0.2, 0) is 0 Å². The van der Waals surface area contributed by atoms with Gasteiger partial charge in [-0.2, -0.15) is 0 Å². The van der Waals surface area contributed by atoms with Crippen molar-refractivity contribution < 1.29 is 0 Å². The van der Waals surface area contributed by atoms with Crippen LogP contribution in [0.1, 0.15) is 38.5 Å². The molecule has 1 aliphatic heterocycles. The molecule has 3 aliphatic carbocycles. The molecule has 1 heteroatoms. The normalized spacial score (nSPS) is 39.2. The second kappa shape index (κ2) is 4.09. The molecular weight excluding hydrogens is 218 g/mol. The first-order chi connectivity index (χ1) is 8.84. The largest absolute Gasteiger partial charge is 0.300 e. The van der Waals surface area contributed by atoms with E-state index in [1.807, 2.05) is 5.57 Å². The third-order valence-electron chi connectivity index (χ3n) is 5.62. The van der Waals surface area contributed by atoms with Crippen LogP contribution in [0.5, 0.6) is 0 Å². The van der Waals surface area contributed by atoms with Crippen LogP contribution in [0.2, 0.25) is 0 Å². The summed E-state index contributed by atoms with van der Waals surface area (Å²) in [5.74, 6) is 1.74. The van der Waals surface area contributed by atoms with Gasteiger partial charge in [-0.3, -0.25) is 4.90 Å². The summed E-state index contributed by atoms with van der Waals surface area (Å²) in [5.41, 5.74) is 5.35. The number of likely N-dealkylation sites (N-methyl/N-ethyl adjacent to an activating group) is 1. The van der Waals surface area contributed by atoms with Crippen molar-refractivity contribution in [2.24, 2.45) is 11.8 Å². The van der Waals surface area contributed by atoms with Crippen molar-refractivity contribution in [1.29, 1.82) is 0 Å². The van der Waals surface area contributed by atoms with Gasteiger partial charge in [0.1, 0.15) is 0 Å². The Bertz CT molecular complexity index is 454. The SMILES string of the molecule is CN1CCC2CCCC3=C2C1CC1CC=CC=C31. The highest BCUT2D eigenvalue weighted by atomic mass is 15.1. The van der Waals surface area contributed by atoms with E-state index in [0.717, 1.165) is 17.9 Å². The molecule has 0 aromatic heterocycles. The van der Waals surface area contributed by atoms with Gasteiger partial charge in [-0.25, -0.2) is 0 Å². The number of hydrogen-bond donors (Lipinski definition) is 0. The van der Waals surface area contributed by atoms with Crippen LogP contribution in [0.15, 0.2) is 34.9 Å². The third-order valence-corrected chi connectivity index (χ3v) is 5.62. The van der Waals surface area contributed by atoms with Gasteiger partial charge in [0.2, 0.25) is 0 Å².